The molecule has 2 aliphatic heterocycles. The Kier molecular flexibility index (Phi) is 5.55. The Morgan fingerprint density at radius 1 is 1.39 bits per heavy atom. The summed E-state index contributed by atoms with van der Waals surface area (Å²) in [5.74, 6) is -3.47. The number of halogens is 2. The van der Waals surface area contributed by atoms with Gasteiger partial charge in [-0.25, -0.2) is 26.3 Å². The zero-order chi connectivity index (χ0) is 20.6. The molecule has 1 aromatic rings. The van der Waals surface area contributed by atoms with Gasteiger partial charge in [-0.3, -0.25) is 15.6 Å². The highest BCUT2D eigenvalue weighted by molar-refractivity contribution is 7.90. The van der Waals surface area contributed by atoms with Gasteiger partial charge in [0.05, 0.1) is 5.69 Å². The second-order valence-electron chi connectivity index (χ2n) is 6.90. The van der Waals surface area contributed by atoms with E-state index in [1.165, 1.54) is 0 Å². The summed E-state index contributed by atoms with van der Waals surface area (Å²) in [5.41, 5.74) is 5.68. The van der Waals surface area contributed by atoms with Crippen molar-refractivity contribution in [2.45, 2.75) is 37.2 Å². The lowest BCUT2D eigenvalue weighted by molar-refractivity contribution is -0.121. The van der Waals surface area contributed by atoms with Gasteiger partial charge in [-0.2, -0.15) is 0 Å². The van der Waals surface area contributed by atoms with Crippen molar-refractivity contribution in [3.05, 3.63) is 23.8 Å². The molecule has 3 amide bonds. The predicted molar refractivity (Wildman–Crippen MR) is 95.6 cm³/mol. The van der Waals surface area contributed by atoms with Crippen LogP contribution in [0, 0.1) is 17.6 Å². The number of hydrazine groups is 1. The number of nitrogens with one attached hydrogen (secondary N) is 4. The zero-order valence-electron chi connectivity index (χ0n) is 15.3. The number of hydrogen-bond donors (Lipinski definition) is 4. The average molecular weight is 417 g/mol. The lowest BCUT2D eigenvalue weighted by atomic mass is 9.92. The third kappa shape index (κ3) is 3.66. The fraction of sp³-hybridized carbons (Fsp3) is 0.500. The van der Waals surface area contributed by atoms with E-state index in [9.17, 15) is 26.8 Å². The average Bonchev–Trinajstić information content (AvgIpc) is 2.61. The third-order valence-electron chi connectivity index (χ3n) is 4.89. The Labute approximate surface area is 160 Å². The molecule has 2 aliphatic rings. The van der Waals surface area contributed by atoms with Crippen LogP contribution in [-0.2, 0) is 14.8 Å². The molecule has 12 heteroatoms. The van der Waals surface area contributed by atoms with Gasteiger partial charge in [0.1, 0.15) is 11.4 Å². The van der Waals surface area contributed by atoms with Crippen molar-refractivity contribution in [3.8, 4) is 0 Å². The maximum absolute atomic E-state index is 14.1. The first-order chi connectivity index (χ1) is 13.1. The van der Waals surface area contributed by atoms with Crippen LogP contribution in [0.1, 0.15) is 20.3 Å². The van der Waals surface area contributed by atoms with Crippen LogP contribution >= 0.6 is 0 Å². The molecule has 0 saturated carbocycles. The Bertz CT molecular complexity index is 911. The Hall–Kier alpha value is -2.31. The van der Waals surface area contributed by atoms with E-state index in [2.05, 4.69) is 21.5 Å². The number of carbonyl (C=O) groups is 2. The normalized spacial score (nSPS) is 24.9. The summed E-state index contributed by atoms with van der Waals surface area (Å²) in [4.78, 5) is 23.5. The third-order valence-corrected chi connectivity index (χ3v) is 6.68. The number of sulfonamides is 1. The molecule has 4 N–H and O–H groups in total. The van der Waals surface area contributed by atoms with Crippen LogP contribution in [0.4, 0.5) is 19.3 Å². The first-order valence-electron chi connectivity index (χ1n) is 8.72. The van der Waals surface area contributed by atoms with Crippen molar-refractivity contribution in [2.75, 3.05) is 18.4 Å². The van der Waals surface area contributed by atoms with E-state index in [0.29, 0.717) is 6.07 Å². The smallest absolute Gasteiger partial charge is 0.336 e. The number of fused-ring (bicyclic) bond motifs is 1. The summed E-state index contributed by atoms with van der Waals surface area (Å²) >= 11 is 0. The molecule has 1 saturated heterocycles. The van der Waals surface area contributed by atoms with Gasteiger partial charge in [-0.15, -0.1) is 0 Å². The Morgan fingerprint density at radius 3 is 2.79 bits per heavy atom. The second-order valence-corrected chi connectivity index (χ2v) is 8.70. The number of amides is 3. The molecule has 0 aromatic heterocycles. The summed E-state index contributed by atoms with van der Waals surface area (Å²) in [7, 11) is -4.73. The molecule has 3 rings (SSSR count). The molecule has 2 heterocycles. The van der Waals surface area contributed by atoms with E-state index in [1.807, 2.05) is 6.92 Å². The highest BCUT2D eigenvalue weighted by Crippen LogP contribution is 2.33. The zero-order valence-corrected chi connectivity index (χ0v) is 16.1. The van der Waals surface area contributed by atoms with Gasteiger partial charge in [-0.05, 0) is 31.4 Å². The van der Waals surface area contributed by atoms with E-state index in [0.717, 1.165) is 19.0 Å². The summed E-state index contributed by atoms with van der Waals surface area (Å²) < 4.78 is 53.0. The number of urea groups is 1. The van der Waals surface area contributed by atoms with Gasteiger partial charge >= 0.3 is 6.03 Å². The molecule has 9 nitrogen and oxygen atoms in total. The van der Waals surface area contributed by atoms with Gasteiger partial charge in [0.15, 0.2) is 11.6 Å². The molecule has 0 aliphatic carbocycles. The minimum Gasteiger partial charge on any atom is -0.350 e. The lowest BCUT2D eigenvalue weighted by Crippen LogP contribution is -2.60. The van der Waals surface area contributed by atoms with Crippen molar-refractivity contribution in [3.63, 3.8) is 0 Å². The van der Waals surface area contributed by atoms with Crippen LogP contribution in [0.25, 0.3) is 0 Å². The van der Waals surface area contributed by atoms with E-state index >= 15 is 0 Å². The predicted octanol–water partition coefficient (Wildman–Crippen LogP) is 0.508. The summed E-state index contributed by atoms with van der Waals surface area (Å²) in [5, 5.41) is 4.80. The number of carbonyl (C=O) groups excluding carboxylic acids is 2. The molecular weight excluding hydrogens is 396 g/mol. The van der Waals surface area contributed by atoms with Gasteiger partial charge in [-0.1, -0.05) is 6.92 Å². The summed E-state index contributed by atoms with van der Waals surface area (Å²) in [6.45, 7) is 3.68. The minimum absolute atomic E-state index is 0.100. The van der Waals surface area contributed by atoms with E-state index in [-0.39, 0.29) is 28.0 Å². The minimum atomic E-state index is -4.73. The second kappa shape index (κ2) is 7.60. The molecule has 154 valence electrons. The van der Waals surface area contributed by atoms with E-state index in [4.69, 9.17) is 0 Å². The number of anilines is 1. The fourth-order valence-corrected chi connectivity index (χ4v) is 4.88. The summed E-state index contributed by atoms with van der Waals surface area (Å²) in [6, 6.07) is 0.0721. The standard InChI is InChI=1S/C16H21F2N5O4S/c1-8-5-6-19-22-14(8)9(2)20-12(24)7-23-16(25)21-11-4-3-10(17)13(18)15(11)28(23,26)27/h3-4,8-9,14,19,22H,5-7H2,1-2H3,(H,20,24)(H,21,25)/t8?,9-,14?/m1/s1. The van der Waals surface area contributed by atoms with Crippen molar-refractivity contribution >= 4 is 27.6 Å². The molecular formula is C16H21F2N5O4S. The van der Waals surface area contributed by atoms with Gasteiger partial charge in [0.2, 0.25) is 5.91 Å². The highest BCUT2D eigenvalue weighted by atomic mass is 32.2. The molecule has 1 aromatic carbocycles. The monoisotopic (exact) mass is 417 g/mol. The number of benzene rings is 1. The largest absolute Gasteiger partial charge is 0.350 e. The van der Waals surface area contributed by atoms with Crippen molar-refractivity contribution < 1.29 is 26.8 Å². The molecule has 1 fully saturated rings. The maximum Gasteiger partial charge on any atom is 0.336 e. The molecule has 2 unspecified atom stereocenters. The van der Waals surface area contributed by atoms with Crippen molar-refractivity contribution in [2.24, 2.45) is 5.92 Å². The highest BCUT2D eigenvalue weighted by Gasteiger charge is 2.41. The molecule has 3 atom stereocenters. The van der Waals surface area contributed by atoms with Crippen LogP contribution in [0.3, 0.4) is 0 Å². The van der Waals surface area contributed by atoms with Crippen LogP contribution in [-0.4, -0.2) is 49.8 Å². The van der Waals surface area contributed by atoms with Gasteiger partial charge in [0, 0.05) is 18.6 Å². The fourth-order valence-electron chi connectivity index (χ4n) is 3.39. The first-order valence-corrected chi connectivity index (χ1v) is 10.2. The molecule has 0 spiro atoms. The van der Waals surface area contributed by atoms with Crippen molar-refractivity contribution in [1.29, 1.82) is 0 Å². The Balaban J connectivity index is 1.77. The van der Waals surface area contributed by atoms with Gasteiger partial charge < -0.3 is 10.6 Å². The number of nitrogens with zero attached hydrogens (tertiary/aromatic N) is 1. The van der Waals surface area contributed by atoms with Crippen LogP contribution in [0.5, 0.6) is 0 Å². The van der Waals surface area contributed by atoms with E-state index in [1.54, 1.807) is 6.92 Å². The van der Waals surface area contributed by atoms with E-state index < -0.39 is 45.0 Å². The Morgan fingerprint density at radius 2 is 2.11 bits per heavy atom. The maximum atomic E-state index is 14.1. The van der Waals surface area contributed by atoms with Crippen LogP contribution in [0.15, 0.2) is 17.0 Å². The topological polar surface area (TPSA) is 120 Å². The molecule has 0 bridgehead atoms. The summed E-state index contributed by atoms with van der Waals surface area (Å²) in [6.07, 6.45) is 0.891. The van der Waals surface area contributed by atoms with Crippen LogP contribution < -0.4 is 21.5 Å². The quantitative estimate of drug-likeness (QED) is 0.567. The van der Waals surface area contributed by atoms with Crippen LogP contribution in [0.2, 0.25) is 0 Å². The SMILES string of the molecule is CC1CCNNC1[C@@H](C)NC(=O)CN1C(=O)Nc2ccc(F)c(F)c2S1(=O)=O. The lowest BCUT2D eigenvalue weighted by Gasteiger charge is -2.35. The number of hydrogen-bond acceptors (Lipinski definition) is 6. The molecule has 28 heavy (non-hydrogen) atoms. The van der Waals surface area contributed by atoms with Gasteiger partial charge in [0.25, 0.3) is 10.0 Å². The number of rotatable bonds is 4. The molecule has 0 radical (unpaired) electrons. The van der Waals surface area contributed by atoms with Crippen molar-refractivity contribution in [1.82, 2.24) is 20.5 Å². The first kappa shape index (κ1) is 20.4.